The van der Waals surface area contributed by atoms with Crippen molar-refractivity contribution >= 4 is 17.7 Å². The van der Waals surface area contributed by atoms with E-state index in [1.807, 2.05) is 0 Å². The van der Waals surface area contributed by atoms with E-state index in [2.05, 4.69) is 10.4 Å². The van der Waals surface area contributed by atoms with Gasteiger partial charge in [0.15, 0.2) is 0 Å². The number of nitrogens with two attached hydrogens (primary N) is 1. The molecule has 0 bridgehead atoms. The number of amides is 2. The van der Waals surface area contributed by atoms with Crippen LogP contribution in [0.4, 0.5) is 10.6 Å². The molecule has 1 aliphatic heterocycles. The Kier molecular flexibility index (Phi) is 3.50. The van der Waals surface area contributed by atoms with Crippen LogP contribution in [0.5, 0.6) is 0 Å². The number of nitrogens with one attached hydrogen (secondary N) is 2. The number of aromatic nitrogens is 2. The van der Waals surface area contributed by atoms with Gasteiger partial charge in [-0.15, -0.1) is 0 Å². The first-order chi connectivity index (χ1) is 8.59. The van der Waals surface area contributed by atoms with Crippen LogP contribution in [-0.2, 0) is 7.05 Å². The zero-order valence-electron chi connectivity index (χ0n) is 10.4. The van der Waals surface area contributed by atoms with Crippen LogP contribution in [0.2, 0.25) is 0 Å². The Morgan fingerprint density at radius 1 is 1.44 bits per heavy atom. The van der Waals surface area contributed by atoms with Gasteiger partial charge in [0.25, 0.3) is 0 Å². The average molecular weight is 250 g/mol. The van der Waals surface area contributed by atoms with Crippen molar-refractivity contribution in [2.24, 2.45) is 12.8 Å². The van der Waals surface area contributed by atoms with E-state index in [-0.39, 0.29) is 11.9 Å². The number of carbonyl (C=O) groups is 1. The van der Waals surface area contributed by atoms with E-state index in [1.165, 1.54) is 17.3 Å². The molecule has 2 rings (SSSR count). The molecule has 0 unspecified atom stereocenters. The first kappa shape index (κ1) is 12.4. The fourth-order valence-electron chi connectivity index (χ4n) is 2.06. The zero-order chi connectivity index (χ0) is 13.1. The number of nitrogen functional groups attached to an aromatic ring is 1. The molecule has 0 saturated carbocycles. The highest BCUT2D eigenvalue weighted by molar-refractivity contribution is 6.02. The second kappa shape index (κ2) is 5.07. The van der Waals surface area contributed by atoms with E-state index in [1.54, 1.807) is 11.9 Å². The van der Waals surface area contributed by atoms with E-state index in [0.29, 0.717) is 11.4 Å². The van der Waals surface area contributed by atoms with Crippen molar-refractivity contribution in [3.63, 3.8) is 0 Å². The Hall–Kier alpha value is -2.05. The third-order valence-corrected chi connectivity index (χ3v) is 3.10. The van der Waals surface area contributed by atoms with Crippen LogP contribution in [0.1, 0.15) is 24.8 Å². The largest absolute Gasteiger partial charge is 0.384 e. The lowest BCUT2D eigenvalue weighted by Gasteiger charge is -2.26. The molecule has 0 aliphatic carbocycles. The number of aryl methyl sites for hydroxylation is 1. The number of carbonyl (C=O) groups excluding carboxylic acids is 1. The van der Waals surface area contributed by atoms with Crippen LogP contribution in [0.25, 0.3) is 0 Å². The molecule has 1 aromatic heterocycles. The second-order valence-corrected chi connectivity index (χ2v) is 4.42. The molecule has 7 heteroatoms. The lowest BCUT2D eigenvalue weighted by Crippen LogP contribution is -2.39. The Morgan fingerprint density at radius 3 is 2.72 bits per heavy atom. The number of urea groups is 1. The van der Waals surface area contributed by atoms with Gasteiger partial charge < -0.3 is 10.6 Å². The molecule has 0 spiro atoms. The molecule has 1 saturated heterocycles. The molecule has 2 amide bonds. The molecule has 0 atom stereocenters. The molecular formula is C11H18N6O. The minimum Gasteiger partial charge on any atom is -0.384 e. The van der Waals surface area contributed by atoms with Gasteiger partial charge in [-0.25, -0.2) is 4.79 Å². The fraction of sp³-hybridized carbons (Fsp3) is 0.545. The van der Waals surface area contributed by atoms with Crippen molar-refractivity contribution < 1.29 is 4.79 Å². The maximum absolute atomic E-state index is 12.1. The summed E-state index contributed by atoms with van der Waals surface area (Å²) < 4.78 is 1.51. The Labute approximate surface area is 105 Å². The normalized spacial score (nSPS) is 15.5. The molecule has 2 heterocycles. The minimum atomic E-state index is -0.152. The molecule has 18 heavy (non-hydrogen) atoms. The number of hydrogen-bond acceptors (Lipinski definition) is 3. The van der Waals surface area contributed by atoms with Gasteiger partial charge in [-0.1, -0.05) is 0 Å². The van der Waals surface area contributed by atoms with Crippen molar-refractivity contribution in [2.45, 2.75) is 19.3 Å². The molecule has 1 aliphatic rings. The van der Waals surface area contributed by atoms with Gasteiger partial charge in [0.05, 0.1) is 11.8 Å². The van der Waals surface area contributed by atoms with Crippen LogP contribution < -0.4 is 11.1 Å². The summed E-state index contributed by atoms with van der Waals surface area (Å²) in [4.78, 5) is 13.8. The lowest BCUT2D eigenvalue weighted by molar-refractivity contribution is 0.200. The summed E-state index contributed by atoms with van der Waals surface area (Å²) in [7, 11) is 1.71. The van der Waals surface area contributed by atoms with Crippen molar-refractivity contribution in [1.82, 2.24) is 14.7 Å². The molecule has 1 fully saturated rings. The van der Waals surface area contributed by atoms with Crippen LogP contribution in [0, 0.1) is 5.41 Å². The van der Waals surface area contributed by atoms with E-state index in [0.717, 1.165) is 25.9 Å². The van der Waals surface area contributed by atoms with Gasteiger partial charge in [-0.3, -0.25) is 15.4 Å². The van der Waals surface area contributed by atoms with Crippen LogP contribution in [0.15, 0.2) is 6.20 Å². The number of likely N-dealkylation sites (tertiary alicyclic amines) is 1. The number of amidine groups is 1. The van der Waals surface area contributed by atoms with Crippen LogP contribution in [-0.4, -0.2) is 39.6 Å². The number of anilines is 1. The van der Waals surface area contributed by atoms with E-state index < -0.39 is 0 Å². The SMILES string of the molecule is Cn1ncc(C(=N)N)c1NC(=O)N1CCCCC1. The maximum atomic E-state index is 12.1. The molecule has 0 aromatic carbocycles. The van der Waals surface area contributed by atoms with Gasteiger partial charge in [-0.2, -0.15) is 5.10 Å². The van der Waals surface area contributed by atoms with E-state index in [9.17, 15) is 4.79 Å². The first-order valence-corrected chi connectivity index (χ1v) is 6.02. The summed E-state index contributed by atoms with van der Waals surface area (Å²) in [6.45, 7) is 1.55. The molecule has 4 N–H and O–H groups in total. The highest BCUT2D eigenvalue weighted by Crippen LogP contribution is 2.15. The lowest BCUT2D eigenvalue weighted by atomic mass is 10.1. The third kappa shape index (κ3) is 2.44. The Bertz CT molecular complexity index is 460. The Morgan fingerprint density at radius 2 is 2.11 bits per heavy atom. The summed E-state index contributed by atoms with van der Waals surface area (Å²) in [5.41, 5.74) is 5.89. The maximum Gasteiger partial charge on any atom is 0.323 e. The molecule has 7 nitrogen and oxygen atoms in total. The minimum absolute atomic E-state index is 0.1000. The Balaban J connectivity index is 2.10. The van der Waals surface area contributed by atoms with Crippen molar-refractivity contribution in [2.75, 3.05) is 18.4 Å². The number of nitrogens with zero attached hydrogens (tertiary/aromatic N) is 3. The highest BCUT2D eigenvalue weighted by atomic mass is 16.2. The number of piperidine rings is 1. The second-order valence-electron chi connectivity index (χ2n) is 4.42. The number of rotatable bonds is 2. The molecular weight excluding hydrogens is 232 g/mol. The van der Waals surface area contributed by atoms with Crippen molar-refractivity contribution in [1.29, 1.82) is 5.41 Å². The van der Waals surface area contributed by atoms with Gasteiger partial charge in [0, 0.05) is 20.1 Å². The molecule has 0 radical (unpaired) electrons. The molecule has 1 aromatic rings. The fourth-order valence-corrected chi connectivity index (χ4v) is 2.06. The third-order valence-electron chi connectivity index (χ3n) is 3.10. The summed E-state index contributed by atoms with van der Waals surface area (Å²) in [6.07, 6.45) is 4.74. The van der Waals surface area contributed by atoms with Crippen LogP contribution >= 0.6 is 0 Å². The zero-order valence-corrected chi connectivity index (χ0v) is 10.4. The van der Waals surface area contributed by atoms with Gasteiger partial charge in [-0.05, 0) is 19.3 Å². The van der Waals surface area contributed by atoms with Crippen molar-refractivity contribution in [3.05, 3.63) is 11.8 Å². The number of hydrogen-bond donors (Lipinski definition) is 3. The molecule has 98 valence electrons. The average Bonchev–Trinajstić information content (AvgIpc) is 2.72. The smallest absolute Gasteiger partial charge is 0.323 e. The van der Waals surface area contributed by atoms with Gasteiger partial charge >= 0.3 is 6.03 Å². The highest BCUT2D eigenvalue weighted by Gasteiger charge is 2.19. The predicted octanol–water partition coefficient (Wildman–Crippen LogP) is 0.722. The summed E-state index contributed by atoms with van der Waals surface area (Å²) in [5.74, 6) is 0.370. The van der Waals surface area contributed by atoms with Gasteiger partial charge in [0.2, 0.25) is 0 Å². The monoisotopic (exact) mass is 250 g/mol. The predicted molar refractivity (Wildman–Crippen MR) is 68.7 cm³/mol. The summed E-state index contributed by atoms with van der Waals surface area (Å²) >= 11 is 0. The van der Waals surface area contributed by atoms with E-state index >= 15 is 0 Å². The van der Waals surface area contributed by atoms with Crippen molar-refractivity contribution in [3.8, 4) is 0 Å². The topological polar surface area (TPSA) is 100 Å². The summed E-state index contributed by atoms with van der Waals surface area (Å²) in [5, 5.41) is 14.2. The summed E-state index contributed by atoms with van der Waals surface area (Å²) in [6, 6.07) is -0.152. The van der Waals surface area contributed by atoms with Crippen LogP contribution in [0.3, 0.4) is 0 Å². The standard InChI is InChI=1S/C11H18N6O/c1-16-10(8(7-14-16)9(12)13)15-11(18)17-5-3-2-4-6-17/h7H,2-6H2,1H3,(H3,12,13)(H,15,18). The van der Waals surface area contributed by atoms with Gasteiger partial charge in [0.1, 0.15) is 11.7 Å². The van der Waals surface area contributed by atoms with E-state index in [4.69, 9.17) is 11.1 Å². The quantitative estimate of drug-likeness (QED) is 0.532. The first-order valence-electron chi connectivity index (χ1n) is 6.02.